The van der Waals surface area contributed by atoms with E-state index in [0.717, 1.165) is 25.0 Å². The van der Waals surface area contributed by atoms with Crippen LogP contribution in [0.4, 0.5) is 8.78 Å². The van der Waals surface area contributed by atoms with Crippen molar-refractivity contribution < 1.29 is 53.1 Å². The fraction of sp³-hybridized carbons (Fsp3) is 0.464. The van der Waals surface area contributed by atoms with Crippen LogP contribution in [0.2, 0.25) is 5.02 Å². The number of carboxylic acids is 1. The highest BCUT2D eigenvalue weighted by atomic mass is 35.5. The molecule has 6 atom stereocenters. The lowest BCUT2D eigenvalue weighted by atomic mass is 9.88. The molecule has 0 unspecified atom stereocenters. The standard InChI is InChI=1S/C28H31ClF2N2O9/c29-17-8-6-15(7-9-17)26(38)32-12-20(35)24(37)25-23(33-21(36)10-14-4-5-14)19(34)11-28(42-25,27(39)40)41-13-16-2-1-3-18(30)22(16)31/h1-3,6-9,14,19-20,23-25,34-35,37H,4-5,10-13H2,(H,32,38)(H,33,36)(H,39,40)/p-1/t19-,20-,23+,24+,25+,28-/m1/s1. The fourth-order valence-electron chi connectivity index (χ4n) is 4.63. The zero-order chi connectivity index (χ0) is 30.6. The number of hydrogen-bond donors (Lipinski definition) is 5. The van der Waals surface area contributed by atoms with E-state index in [-0.39, 0.29) is 23.5 Å². The summed E-state index contributed by atoms with van der Waals surface area (Å²) in [6, 6.07) is 7.55. The molecule has 1 aliphatic heterocycles. The molecule has 2 aromatic rings. The summed E-state index contributed by atoms with van der Waals surface area (Å²) in [7, 11) is 0. The molecule has 5 N–H and O–H groups in total. The first-order valence-electron chi connectivity index (χ1n) is 13.2. The lowest BCUT2D eigenvalue weighted by molar-refractivity contribution is -0.383. The Morgan fingerprint density at radius 2 is 1.83 bits per heavy atom. The molecule has 1 heterocycles. The molecular weight excluding hydrogens is 582 g/mol. The number of aliphatic hydroxyl groups excluding tert-OH is 3. The van der Waals surface area contributed by atoms with Crippen molar-refractivity contribution in [2.24, 2.45) is 5.92 Å². The van der Waals surface area contributed by atoms with E-state index < -0.39 is 85.2 Å². The molecule has 228 valence electrons. The third kappa shape index (κ3) is 7.60. The molecule has 4 rings (SSSR count). The van der Waals surface area contributed by atoms with E-state index in [4.69, 9.17) is 21.1 Å². The van der Waals surface area contributed by atoms with E-state index in [1.807, 2.05) is 0 Å². The van der Waals surface area contributed by atoms with Crippen LogP contribution in [0.25, 0.3) is 0 Å². The monoisotopic (exact) mass is 611 g/mol. The molecule has 2 amide bonds. The van der Waals surface area contributed by atoms with Crippen molar-refractivity contribution in [2.45, 2.75) is 68.5 Å². The number of rotatable bonds is 12. The molecule has 11 nitrogen and oxygen atoms in total. The molecule has 1 saturated carbocycles. The van der Waals surface area contributed by atoms with Crippen LogP contribution >= 0.6 is 11.6 Å². The highest BCUT2D eigenvalue weighted by Gasteiger charge is 2.53. The van der Waals surface area contributed by atoms with Gasteiger partial charge in [-0.1, -0.05) is 23.7 Å². The topological polar surface area (TPSA) is 177 Å². The second-order valence-electron chi connectivity index (χ2n) is 10.4. The van der Waals surface area contributed by atoms with Crippen molar-refractivity contribution in [1.29, 1.82) is 0 Å². The first-order chi connectivity index (χ1) is 19.9. The van der Waals surface area contributed by atoms with Crippen LogP contribution in [0.15, 0.2) is 42.5 Å². The van der Waals surface area contributed by atoms with Gasteiger partial charge >= 0.3 is 0 Å². The van der Waals surface area contributed by atoms with Gasteiger partial charge < -0.3 is 45.3 Å². The minimum atomic E-state index is -2.80. The number of carbonyl (C=O) groups is 3. The number of amides is 2. The maximum Gasteiger partial charge on any atom is 0.251 e. The number of carboxylic acid groups (broad SMARTS) is 1. The van der Waals surface area contributed by atoms with Gasteiger partial charge in [0.2, 0.25) is 11.7 Å². The van der Waals surface area contributed by atoms with Crippen molar-refractivity contribution in [2.75, 3.05) is 6.54 Å². The van der Waals surface area contributed by atoms with Gasteiger partial charge in [-0.15, -0.1) is 0 Å². The molecule has 2 aromatic carbocycles. The summed E-state index contributed by atoms with van der Waals surface area (Å²) in [6.45, 7) is -1.37. The Bertz CT molecular complexity index is 1300. The molecule has 42 heavy (non-hydrogen) atoms. The van der Waals surface area contributed by atoms with E-state index >= 15 is 0 Å². The number of carbonyl (C=O) groups excluding carboxylic acids is 3. The van der Waals surface area contributed by atoms with Gasteiger partial charge in [-0.25, -0.2) is 8.78 Å². The van der Waals surface area contributed by atoms with Gasteiger partial charge in [-0.2, -0.15) is 0 Å². The van der Waals surface area contributed by atoms with Crippen LogP contribution in [-0.2, 0) is 25.7 Å². The minimum absolute atomic E-state index is 0.118. The number of aliphatic hydroxyl groups is 3. The van der Waals surface area contributed by atoms with E-state index in [2.05, 4.69) is 10.6 Å². The first kappa shape index (κ1) is 31.7. The number of benzene rings is 2. The summed E-state index contributed by atoms with van der Waals surface area (Å²) in [5.41, 5.74) is -0.166. The average molecular weight is 612 g/mol. The van der Waals surface area contributed by atoms with Crippen molar-refractivity contribution in [3.63, 3.8) is 0 Å². The molecule has 1 saturated heterocycles. The van der Waals surface area contributed by atoms with Gasteiger partial charge in [0.1, 0.15) is 18.2 Å². The normalized spacial score (nSPS) is 25.3. The Morgan fingerprint density at radius 1 is 1.14 bits per heavy atom. The number of ether oxygens (including phenoxy) is 2. The Balaban J connectivity index is 1.53. The molecular formula is C28H30ClF2N2O9-. The Labute approximate surface area is 244 Å². The van der Waals surface area contributed by atoms with Gasteiger partial charge in [0, 0.05) is 35.5 Å². The van der Waals surface area contributed by atoms with Gasteiger partial charge in [0.25, 0.3) is 5.91 Å². The van der Waals surface area contributed by atoms with E-state index in [1.54, 1.807) is 0 Å². The first-order valence-corrected chi connectivity index (χ1v) is 13.6. The third-order valence-electron chi connectivity index (χ3n) is 7.18. The van der Waals surface area contributed by atoms with E-state index in [0.29, 0.717) is 5.02 Å². The smallest absolute Gasteiger partial charge is 0.251 e. The predicted molar refractivity (Wildman–Crippen MR) is 139 cm³/mol. The summed E-state index contributed by atoms with van der Waals surface area (Å²) in [5.74, 6) is -8.29. The number of nitrogens with one attached hydrogen (secondary N) is 2. The molecule has 2 fully saturated rings. The van der Waals surface area contributed by atoms with Crippen LogP contribution in [-0.4, -0.2) is 75.9 Å². The van der Waals surface area contributed by atoms with Crippen LogP contribution in [0.1, 0.15) is 41.6 Å². The zero-order valence-corrected chi connectivity index (χ0v) is 22.9. The Morgan fingerprint density at radius 3 is 2.48 bits per heavy atom. The molecule has 0 bridgehead atoms. The summed E-state index contributed by atoms with van der Waals surface area (Å²) in [5, 5.41) is 50.3. The van der Waals surface area contributed by atoms with E-state index in [9.17, 15) is 43.6 Å². The molecule has 0 aromatic heterocycles. The van der Waals surface area contributed by atoms with Crippen molar-refractivity contribution in [3.05, 3.63) is 70.2 Å². The Kier molecular flexibility index (Phi) is 10.1. The van der Waals surface area contributed by atoms with E-state index in [1.165, 1.54) is 30.3 Å². The van der Waals surface area contributed by atoms with Gasteiger partial charge in [0.15, 0.2) is 11.6 Å². The van der Waals surface area contributed by atoms with Crippen molar-refractivity contribution in [3.8, 4) is 0 Å². The van der Waals surface area contributed by atoms with Crippen LogP contribution < -0.4 is 15.7 Å². The summed E-state index contributed by atoms with van der Waals surface area (Å²) in [6.07, 6.45) is -6.34. The maximum atomic E-state index is 14.2. The summed E-state index contributed by atoms with van der Waals surface area (Å²) < 4.78 is 38.8. The Hall–Kier alpha value is -3.20. The van der Waals surface area contributed by atoms with Crippen molar-refractivity contribution >= 4 is 29.4 Å². The highest BCUT2D eigenvalue weighted by molar-refractivity contribution is 6.30. The largest absolute Gasteiger partial charge is 0.544 e. The minimum Gasteiger partial charge on any atom is -0.544 e. The lowest BCUT2D eigenvalue weighted by Crippen LogP contribution is -2.69. The fourth-order valence-corrected chi connectivity index (χ4v) is 4.76. The molecule has 2 aliphatic rings. The van der Waals surface area contributed by atoms with Gasteiger partial charge in [0.05, 0.1) is 24.9 Å². The van der Waals surface area contributed by atoms with Crippen molar-refractivity contribution in [1.82, 2.24) is 10.6 Å². The lowest BCUT2D eigenvalue weighted by Gasteiger charge is -2.49. The third-order valence-corrected chi connectivity index (χ3v) is 7.44. The number of halogens is 3. The maximum absolute atomic E-state index is 14.2. The molecule has 0 spiro atoms. The number of aliphatic carboxylic acids is 1. The SMILES string of the molecule is O=C(CC1CC1)N[C@@H]1[C@@H]([C@@H](O)[C@H](O)CNC(=O)c2ccc(Cl)cc2)O[C@@](OCc2cccc(F)c2F)(C(=O)[O-])C[C@H]1O. The second kappa shape index (κ2) is 13.4. The number of hydrogen-bond acceptors (Lipinski definition) is 9. The predicted octanol–water partition coefficient (Wildman–Crippen LogP) is 0.167. The summed E-state index contributed by atoms with van der Waals surface area (Å²) in [4.78, 5) is 37.3. The van der Waals surface area contributed by atoms with Gasteiger partial charge in [-0.3, -0.25) is 9.59 Å². The van der Waals surface area contributed by atoms with Crippen LogP contribution in [0.5, 0.6) is 0 Å². The molecule has 14 heteroatoms. The summed E-state index contributed by atoms with van der Waals surface area (Å²) >= 11 is 5.82. The second-order valence-corrected chi connectivity index (χ2v) is 10.8. The van der Waals surface area contributed by atoms with Crippen LogP contribution in [0.3, 0.4) is 0 Å². The molecule has 1 aliphatic carbocycles. The molecule has 0 radical (unpaired) electrons. The zero-order valence-electron chi connectivity index (χ0n) is 22.2. The highest BCUT2D eigenvalue weighted by Crippen LogP contribution is 2.35. The van der Waals surface area contributed by atoms with Crippen LogP contribution in [0, 0.1) is 17.6 Å². The quantitative estimate of drug-likeness (QED) is 0.224. The van der Waals surface area contributed by atoms with Gasteiger partial charge in [-0.05, 0) is 49.1 Å². The average Bonchev–Trinajstić information content (AvgIpc) is 3.77.